The number of amides is 1. The number of anilines is 2. The van der Waals surface area contributed by atoms with Crippen molar-refractivity contribution in [1.29, 1.82) is 0 Å². The molecule has 0 spiro atoms. The van der Waals surface area contributed by atoms with Crippen molar-refractivity contribution in [3.8, 4) is 0 Å². The maximum Gasteiger partial charge on any atom is 0.343 e. The molecule has 2 aromatic carbocycles. The standard InChI is InChI=1S/C32H37N3O5S/c1-6-41-15-17-8-10-22-18(12-17)24-20-14-33-28(36)30(20,3)25-19-11-16(2)7-9-21(19)34-23-13-32(38,29(37)39-5)31(4,40-23)35(22)26(24)27(25)34/h7-12,20,23-27,38H,6,13-15H2,1-5H3,(H,33,36). The predicted octanol–water partition coefficient (Wildman–Crippen LogP) is 3.64. The number of carbonyl (C=O) groups excluding carboxylic acids is 2. The Morgan fingerprint density at radius 2 is 1.95 bits per heavy atom. The predicted molar refractivity (Wildman–Crippen MR) is 157 cm³/mol. The molecule has 2 aromatic rings. The largest absolute Gasteiger partial charge is 0.467 e. The second-order valence-corrected chi connectivity index (χ2v) is 14.3. The molecule has 2 N–H and O–H groups in total. The van der Waals surface area contributed by atoms with Crippen molar-refractivity contribution >= 4 is 35.0 Å². The first-order chi connectivity index (χ1) is 19.6. The minimum Gasteiger partial charge on any atom is -0.467 e. The molecule has 3 saturated heterocycles. The van der Waals surface area contributed by atoms with Gasteiger partial charge in [0.05, 0.1) is 24.6 Å². The van der Waals surface area contributed by atoms with Gasteiger partial charge in [-0.25, -0.2) is 4.79 Å². The molecule has 1 aliphatic carbocycles. The van der Waals surface area contributed by atoms with E-state index in [2.05, 4.69) is 72.3 Å². The summed E-state index contributed by atoms with van der Waals surface area (Å²) in [6, 6.07) is 12.9. The van der Waals surface area contributed by atoms with E-state index in [4.69, 9.17) is 9.47 Å². The highest BCUT2D eigenvalue weighted by molar-refractivity contribution is 7.98. The summed E-state index contributed by atoms with van der Waals surface area (Å²) in [4.78, 5) is 31.9. The lowest BCUT2D eigenvalue weighted by Gasteiger charge is -2.55. The quantitative estimate of drug-likeness (QED) is 0.535. The summed E-state index contributed by atoms with van der Waals surface area (Å²) < 4.78 is 12.2. The molecule has 0 aromatic heterocycles. The van der Waals surface area contributed by atoms with Crippen molar-refractivity contribution < 1.29 is 24.2 Å². The molecule has 5 heterocycles. The Labute approximate surface area is 244 Å². The van der Waals surface area contributed by atoms with E-state index in [1.807, 2.05) is 18.7 Å². The van der Waals surface area contributed by atoms with E-state index in [0.29, 0.717) is 6.54 Å². The van der Waals surface area contributed by atoms with Gasteiger partial charge in [-0.2, -0.15) is 11.8 Å². The Kier molecular flexibility index (Phi) is 5.19. The summed E-state index contributed by atoms with van der Waals surface area (Å²) in [6.07, 6.45) is -0.479. The molecule has 216 valence electrons. The summed E-state index contributed by atoms with van der Waals surface area (Å²) in [6.45, 7) is 8.89. The van der Waals surface area contributed by atoms with Gasteiger partial charge in [0.2, 0.25) is 11.5 Å². The second-order valence-electron chi connectivity index (χ2n) is 13.1. The molecule has 1 saturated carbocycles. The maximum absolute atomic E-state index is 13.9. The molecule has 2 bridgehead atoms. The summed E-state index contributed by atoms with van der Waals surface area (Å²) in [5.74, 6) is 1.37. The molecular weight excluding hydrogens is 538 g/mol. The zero-order valence-corrected chi connectivity index (χ0v) is 25.0. The minimum absolute atomic E-state index is 0.0151. The fourth-order valence-corrected chi connectivity index (χ4v) is 10.3. The van der Waals surface area contributed by atoms with E-state index in [9.17, 15) is 14.7 Å². The number of aliphatic hydroxyl groups is 1. The van der Waals surface area contributed by atoms with Crippen LogP contribution in [0.25, 0.3) is 0 Å². The summed E-state index contributed by atoms with van der Waals surface area (Å²) in [5.41, 5.74) is 2.89. The van der Waals surface area contributed by atoms with Crippen molar-refractivity contribution in [2.75, 3.05) is 29.2 Å². The van der Waals surface area contributed by atoms with Gasteiger partial charge in [0, 0.05) is 47.8 Å². The number of nitrogens with zero attached hydrogens (tertiary/aromatic N) is 2. The van der Waals surface area contributed by atoms with Gasteiger partial charge in [-0.05, 0) is 55.3 Å². The monoisotopic (exact) mass is 575 g/mol. The molecule has 1 amide bonds. The van der Waals surface area contributed by atoms with Crippen LogP contribution in [-0.4, -0.2) is 66.0 Å². The van der Waals surface area contributed by atoms with Crippen LogP contribution in [-0.2, 0) is 24.8 Å². The van der Waals surface area contributed by atoms with Crippen LogP contribution in [0.1, 0.15) is 61.3 Å². The number of ether oxygens (including phenoxy) is 2. The molecule has 9 heteroatoms. The van der Waals surface area contributed by atoms with Crippen LogP contribution in [0, 0.1) is 18.3 Å². The summed E-state index contributed by atoms with van der Waals surface area (Å²) in [5, 5.41) is 15.6. The molecule has 5 aliphatic heterocycles. The first-order valence-electron chi connectivity index (χ1n) is 14.8. The third-order valence-electron chi connectivity index (χ3n) is 11.4. The second kappa shape index (κ2) is 8.20. The highest BCUT2D eigenvalue weighted by atomic mass is 32.2. The maximum atomic E-state index is 13.9. The molecule has 41 heavy (non-hydrogen) atoms. The van der Waals surface area contributed by atoms with Gasteiger partial charge in [0.25, 0.3) is 0 Å². The number of aryl methyl sites for hydroxylation is 1. The lowest BCUT2D eigenvalue weighted by molar-refractivity contribution is -0.181. The van der Waals surface area contributed by atoms with Crippen LogP contribution in [0.5, 0.6) is 0 Å². The van der Waals surface area contributed by atoms with Gasteiger partial charge in [-0.1, -0.05) is 36.8 Å². The molecular formula is C32H37N3O5S. The number of hydrogen-bond acceptors (Lipinski definition) is 8. The topological polar surface area (TPSA) is 91.3 Å². The number of carbonyl (C=O) groups is 2. The van der Waals surface area contributed by atoms with E-state index in [0.717, 1.165) is 34.0 Å². The number of hydrogen-bond donors (Lipinski definition) is 2. The van der Waals surface area contributed by atoms with Gasteiger partial charge in [-0.15, -0.1) is 0 Å². The fraction of sp³-hybridized carbons (Fsp3) is 0.562. The normalized spacial score (nSPS) is 40.5. The van der Waals surface area contributed by atoms with Crippen LogP contribution >= 0.6 is 11.8 Å². The smallest absolute Gasteiger partial charge is 0.343 e. The van der Waals surface area contributed by atoms with Gasteiger partial charge in [0.15, 0.2) is 5.72 Å². The Bertz CT molecular complexity index is 1520. The Balaban J connectivity index is 1.43. The Morgan fingerprint density at radius 3 is 2.71 bits per heavy atom. The van der Waals surface area contributed by atoms with Crippen LogP contribution < -0.4 is 15.1 Å². The highest BCUT2D eigenvalue weighted by Gasteiger charge is 2.78. The third-order valence-corrected chi connectivity index (χ3v) is 12.3. The van der Waals surface area contributed by atoms with E-state index in [1.54, 1.807) is 0 Å². The van der Waals surface area contributed by atoms with Crippen molar-refractivity contribution in [1.82, 2.24) is 5.32 Å². The zero-order valence-electron chi connectivity index (χ0n) is 24.1. The number of thioether (sulfide) groups is 1. The fourth-order valence-electron chi connectivity index (χ4n) is 9.63. The summed E-state index contributed by atoms with van der Waals surface area (Å²) in [7, 11) is 1.33. The molecule has 6 aliphatic rings. The minimum atomic E-state index is -1.88. The Morgan fingerprint density at radius 1 is 1.17 bits per heavy atom. The van der Waals surface area contributed by atoms with Crippen molar-refractivity contribution in [2.45, 2.75) is 81.3 Å². The molecule has 4 fully saturated rings. The summed E-state index contributed by atoms with van der Waals surface area (Å²) >= 11 is 1.89. The van der Waals surface area contributed by atoms with Gasteiger partial charge in [-0.3, -0.25) is 4.79 Å². The zero-order chi connectivity index (χ0) is 28.6. The Hall–Kier alpha value is -2.75. The number of fused-ring (bicyclic) bond motifs is 13. The van der Waals surface area contributed by atoms with E-state index >= 15 is 0 Å². The van der Waals surface area contributed by atoms with Crippen LogP contribution in [0.2, 0.25) is 0 Å². The van der Waals surface area contributed by atoms with Crippen LogP contribution in [0.3, 0.4) is 0 Å². The highest BCUT2D eigenvalue weighted by Crippen LogP contribution is 2.70. The SMILES string of the molecule is CCSCc1ccc2c(c1)C1C3C4C(c5cc(C)ccc5N4C4CC(O)(C(=O)OC)C(C)(O4)N23)C2(C)C(=O)NCC12. The van der Waals surface area contributed by atoms with Crippen molar-refractivity contribution in [3.05, 3.63) is 58.7 Å². The first-order valence-corrected chi connectivity index (χ1v) is 15.9. The molecule has 8 rings (SSSR count). The molecule has 0 radical (unpaired) electrons. The average molecular weight is 576 g/mol. The number of benzene rings is 2. The third kappa shape index (κ3) is 2.86. The van der Waals surface area contributed by atoms with E-state index in [-0.39, 0.29) is 42.2 Å². The first kappa shape index (κ1) is 25.9. The number of methoxy groups -OCH3 is 1. The lowest BCUT2D eigenvalue weighted by atomic mass is 9.53. The van der Waals surface area contributed by atoms with Crippen LogP contribution in [0.15, 0.2) is 36.4 Å². The molecule has 9 unspecified atom stereocenters. The van der Waals surface area contributed by atoms with Gasteiger partial charge in [0.1, 0.15) is 6.23 Å². The van der Waals surface area contributed by atoms with Gasteiger partial charge >= 0.3 is 5.97 Å². The molecule has 9 atom stereocenters. The lowest BCUT2D eigenvalue weighted by Crippen LogP contribution is -2.71. The average Bonchev–Trinajstić information content (AvgIpc) is 3.62. The van der Waals surface area contributed by atoms with Gasteiger partial charge < -0.3 is 29.7 Å². The van der Waals surface area contributed by atoms with Crippen molar-refractivity contribution in [2.24, 2.45) is 11.3 Å². The number of rotatable bonds is 4. The van der Waals surface area contributed by atoms with E-state index < -0.39 is 28.9 Å². The van der Waals surface area contributed by atoms with E-state index in [1.165, 1.54) is 18.2 Å². The van der Waals surface area contributed by atoms with Crippen LogP contribution in [0.4, 0.5) is 11.4 Å². The molecule has 8 nitrogen and oxygen atoms in total. The van der Waals surface area contributed by atoms with Crippen molar-refractivity contribution in [3.63, 3.8) is 0 Å². The number of nitrogens with one attached hydrogen (secondary N) is 1. The number of esters is 1.